The number of pyridine rings is 1. The number of likely N-dealkylation sites (N-methyl/N-ethyl adjacent to an activating group) is 1. The van der Waals surface area contributed by atoms with E-state index in [-0.39, 0.29) is 5.15 Å². The fraction of sp³-hybridized carbons (Fsp3) is 0.357. The van der Waals surface area contributed by atoms with E-state index in [0.29, 0.717) is 29.6 Å². The molecule has 0 spiro atoms. The highest BCUT2D eigenvalue weighted by Gasteiger charge is 2.11. The second-order valence-electron chi connectivity index (χ2n) is 4.80. The first-order valence-electron chi connectivity index (χ1n) is 6.61. The van der Waals surface area contributed by atoms with Crippen molar-refractivity contribution in [3.63, 3.8) is 0 Å². The predicted octanol–water partition coefficient (Wildman–Crippen LogP) is 2.62. The van der Waals surface area contributed by atoms with Gasteiger partial charge in [-0.1, -0.05) is 11.6 Å². The van der Waals surface area contributed by atoms with Gasteiger partial charge in [0, 0.05) is 25.4 Å². The molecule has 8 heteroatoms. The van der Waals surface area contributed by atoms with E-state index in [1.54, 1.807) is 6.20 Å². The van der Waals surface area contributed by atoms with Gasteiger partial charge < -0.3 is 15.0 Å². The van der Waals surface area contributed by atoms with Gasteiger partial charge in [-0.2, -0.15) is 9.64 Å². The highest BCUT2D eigenvalue weighted by Crippen LogP contribution is 2.27. The zero-order valence-electron chi connectivity index (χ0n) is 12.3. The van der Waals surface area contributed by atoms with Crippen molar-refractivity contribution in [1.82, 2.24) is 14.3 Å². The average molecular weight is 338 g/mol. The summed E-state index contributed by atoms with van der Waals surface area (Å²) >= 11 is 7.01. The van der Waals surface area contributed by atoms with E-state index in [1.165, 1.54) is 11.5 Å². The van der Waals surface area contributed by atoms with Crippen LogP contribution in [0.1, 0.15) is 11.1 Å². The standard InChI is InChI=1S/C14H16ClN5OS/c1-20(2)5-6-21-12-7-10(3-4-17-12)9-18-14-11(8-16)13(15)19-22-14/h3-4,7,18H,5-6,9H2,1-2H3. The summed E-state index contributed by atoms with van der Waals surface area (Å²) in [6.45, 7) is 1.95. The number of hydrogen-bond acceptors (Lipinski definition) is 7. The molecule has 0 atom stereocenters. The Morgan fingerprint density at radius 2 is 2.32 bits per heavy atom. The lowest BCUT2D eigenvalue weighted by atomic mass is 10.2. The van der Waals surface area contributed by atoms with Crippen LogP contribution < -0.4 is 10.1 Å². The topological polar surface area (TPSA) is 74.1 Å². The lowest BCUT2D eigenvalue weighted by Gasteiger charge is -2.11. The number of halogens is 1. The van der Waals surface area contributed by atoms with Crippen LogP contribution in [0.5, 0.6) is 5.88 Å². The summed E-state index contributed by atoms with van der Waals surface area (Å²) in [5.41, 5.74) is 1.38. The Morgan fingerprint density at radius 3 is 3.05 bits per heavy atom. The largest absolute Gasteiger partial charge is 0.476 e. The Kier molecular flexibility index (Phi) is 5.95. The molecule has 0 fully saturated rings. The van der Waals surface area contributed by atoms with Gasteiger partial charge in [0.2, 0.25) is 5.88 Å². The van der Waals surface area contributed by atoms with Crippen LogP contribution in [0.4, 0.5) is 5.00 Å². The molecule has 0 aliphatic heterocycles. The smallest absolute Gasteiger partial charge is 0.213 e. The maximum Gasteiger partial charge on any atom is 0.213 e. The molecule has 2 aromatic rings. The summed E-state index contributed by atoms with van der Waals surface area (Å²) in [5.74, 6) is 0.587. The molecule has 0 radical (unpaired) electrons. The molecule has 0 aliphatic rings. The maximum atomic E-state index is 9.03. The van der Waals surface area contributed by atoms with Gasteiger partial charge in [-0.05, 0) is 37.3 Å². The van der Waals surface area contributed by atoms with Crippen molar-refractivity contribution < 1.29 is 4.74 Å². The maximum absolute atomic E-state index is 9.03. The van der Waals surface area contributed by atoms with E-state index >= 15 is 0 Å². The average Bonchev–Trinajstić information content (AvgIpc) is 2.85. The van der Waals surface area contributed by atoms with Crippen molar-refractivity contribution in [2.24, 2.45) is 0 Å². The monoisotopic (exact) mass is 337 g/mol. The van der Waals surface area contributed by atoms with Crippen molar-refractivity contribution in [3.8, 4) is 11.9 Å². The Labute approximate surface area is 138 Å². The second kappa shape index (κ2) is 7.94. The molecule has 22 heavy (non-hydrogen) atoms. The lowest BCUT2D eigenvalue weighted by Crippen LogP contribution is -2.19. The summed E-state index contributed by atoms with van der Waals surface area (Å²) < 4.78 is 9.55. The van der Waals surface area contributed by atoms with E-state index in [4.69, 9.17) is 21.6 Å². The Balaban J connectivity index is 1.94. The van der Waals surface area contributed by atoms with E-state index in [2.05, 4.69) is 14.7 Å². The molecule has 0 bridgehead atoms. The van der Waals surface area contributed by atoms with Gasteiger partial charge in [-0.15, -0.1) is 0 Å². The molecular formula is C14H16ClN5OS. The molecule has 0 aromatic carbocycles. The van der Waals surface area contributed by atoms with Crippen LogP contribution in [-0.4, -0.2) is 41.5 Å². The quantitative estimate of drug-likeness (QED) is 0.837. The molecule has 2 rings (SSSR count). The van der Waals surface area contributed by atoms with Crippen LogP contribution in [0, 0.1) is 11.3 Å². The third-order valence-corrected chi connectivity index (χ3v) is 3.98. The normalized spacial score (nSPS) is 10.5. The van der Waals surface area contributed by atoms with Crippen molar-refractivity contribution in [1.29, 1.82) is 5.26 Å². The minimum absolute atomic E-state index is 0.234. The molecule has 1 N–H and O–H groups in total. The molecule has 0 unspecified atom stereocenters. The summed E-state index contributed by atoms with van der Waals surface area (Å²) in [7, 11) is 3.98. The third kappa shape index (κ3) is 4.56. The SMILES string of the molecule is CN(C)CCOc1cc(CNc2snc(Cl)c2C#N)ccn1. The van der Waals surface area contributed by atoms with Gasteiger partial charge in [-0.25, -0.2) is 4.98 Å². The third-order valence-electron chi connectivity index (χ3n) is 2.80. The summed E-state index contributed by atoms with van der Waals surface area (Å²) in [6.07, 6.45) is 1.70. The van der Waals surface area contributed by atoms with Crippen LogP contribution in [0.2, 0.25) is 5.15 Å². The van der Waals surface area contributed by atoms with Gasteiger partial charge in [0.05, 0.1) is 0 Å². The second-order valence-corrected chi connectivity index (χ2v) is 5.93. The van der Waals surface area contributed by atoms with Crippen LogP contribution in [0.25, 0.3) is 0 Å². The van der Waals surface area contributed by atoms with Gasteiger partial charge >= 0.3 is 0 Å². The fourth-order valence-electron chi connectivity index (χ4n) is 1.64. The zero-order valence-corrected chi connectivity index (χ0v) is 13.9. The number of rotatable bonds is 7. The first-order valence-corrected chi connectivity index (χ1v) is 7.77. The number of nitrogens with one attached hydrogen (secondary N) is 1. The van der Waals surface area contributed by atoms with Gasteiger partial charge in [0.15, 0.2) is 5.15 Å². The molecular weight excluding hydrogens is 322 g/mol. The van der Waals surface area contributed by atoms with Crippen molar-refractivity contribution >= 4 is 28.1 Å². The van der Waals surface area contributed by atoms with Crippen LogP contribution in [0.3, 0.4) is 0 Å². The van der Waals surface area contributed by atoms with Gasteiger partial charge in [-0.3, -0.25) is 0 Å². The Hall–Kier alpha value is -1.88. The predicted molar refractivity (Wildman–Crippen MR) is 87.5 cm³/mol. The van der Waals surface area contributed by atoms with Crippen LogP contribution >= 0.6 is 23.1 Å². The molecule has 0 amide bonds. The minimum atomic E-state index is 0.234. The van der Waals surface area contributed by atoms with E-state index in [0.717, 1.165) is 12.1 Å². The number of hydrogen-bond donors (Lipinski definition) is 1. The van der Waals surface area contributed by atoms with E-state index < -0.39 is 0 Å². The molecule has 116 valence electrons. The minimum Gasteiger partial charge on any atom is -0.476 e. The molecule has 2 heterocycles. The molecule has 2 aromatic heterocycles. The highest BCUT2D eigenvalue weighted by molar-refractivity contribution is 7.10. The van der Waals surface area contributed by atoms with Crippen LogP contribution in [-0.2, 0) is 6.54 Å². The Bertz CT molecular complexity index is 667. The van der Waals surface area contributed by atoms with E-state index in [9.17, 15) is 0 Å². The van der Waals surface area contributed by atoms with Crippen molar-refractivity contribution in [2.45, 2.75) is 6.54 Å². The van der Waals surface area contributed by atoms with E-state index in [1.807, 2.05) is 37.2 Å². The summed E-state index contributed by atoms with van der Waals surface area (Å²) in [6, 6.07) is 5.80. The highest BCUT2D eigenvalue weighted by atomic mass is 35.5. The zero-order chi connectivity index (χ0) is 15.9. The summed E-state index contributed by atoms with van der Waals surface area (Å²) in [4.78, 5) is 6.22. The van der Waals surface area contributed by atoms with Crippen molar-refractivity contribution in [3.05, 3.63) is 34.6 Å². The first kappa shape index (κ1) is 16.5. The molecule has 6 nitrogen and oxygen atoms in total. The van der Waals surface area contributed by atoms with Gasteiger partial charge in [0.1, 0.15) is 23.2 Å². The number of nitriles is 1. The fourth-order valence-corrected chi connectivity index (χ4v) is 2.57. The van der Waals surface area contributed by atoms with Crippen molar-refractivity contribution in [2.75, 3.05) is 32.6 Å². The number of nitrogens with zero attached hydrogens (tertiary/aromatic N) is 4. The number of ether oxygens (including phenoxy) is 1. The lowest BCUT2D eigenvalue weighted by molar-refractivity contribution is 0.253. The Morgan fingerprint density at radius 1 is 1.50 bits per heavy atom. The first-order chi connectivity index (χ1) is 10.6. The molecule has 0 aliphatic carbocycles. The molecule has 0 saturated heterocycles. The number of aromatic nitrogens is 2. The van der Waals surface area contributed by atoms with Gasteiger partial charge in [0.25, 0.3) is 0 Å². The van der Waals surface area contributed by atoms with Crippen LogP contribution in [0.15, 0.2) is 18.3 Å². The number of anilines is 1. The summed E-state index contributed by atoms with van der Waals surface area (Å²) in [5, 5.41) is 13.1. The molecule has 0 saturated carbocycles.